The number of nitrogens with zero attached hydrogens (tertiary/aromatic N) is 1. The van der Waals surface area contributed by atoms with Crippen molar-refractivity contribution >= 4 is 5.91 Å². The normalized spacial score (nSPS) is 10.2. The van der Waals surface area contributed by atoms with Crippen LogP contribution < -0.4 is 5.32 Å². The van der Waals surface area contributed by atoms with Gasteiger partial charge in [0.25, 0.3) is 0 Å². The summed E-state index contributed by atoms with van der Waals surface area (Å²) >= 11 is 0. The zero-order valence-electron chi connectivity index (χ0n) is 9.93. The number of aromatic amines is 1. The maximum atomic E-state index is 11.5. The van der Waals surface area contributed by atoms with Crippen molar-refractivity contribution < 1.29 is 9.53 Å². The van der Waals surface area contributed by atoms with Crippen molar-refractivity contribution in [2.45, 2.75) is 13.2 Å². The molecule has 5 heteroatoms. The van der Waals surface area contributed by atoms with Crippen LogP contribution in [0.1, 0.15) is 11.3 Å². The molecule has 0 fully saturated rings. The number of benzene rings is 1. The van der Waals surface area contributed by atoms with Gasteiger partial charge in [0.15, 0.2) is 0 Å². The Labute approximate surface area is 105 Å². The number of carbonyl (C=O) groups excluding carboxylic acids is 1. The van der Waals surface area contributed by atoms with Crippen LogP contribution in [0.4, 0.5) is 0 Å². The molecule has 1 amide bonds. The van der Waals surface area contributed by atoms with Crippen LogP contribution in [0, 0.1) is 0 Å². The van der Waals surface area contributed by atoms with Crippen LogP contribution in [0.3, 0.4) is 0 Å². The van der Waals surface area contributed by atoms with Crippen molar-refractivity contribution in [3.63, 3.8) is 0 Å². The zero-order valence-corrected chi connectivity index (χ0v) is 9.93. The third kappa shape index (κ3) is 4.03. The second kappa shape index (κ2) is 6.56. The average molecular weight is 245 g/mol. The summed E-state index contributed by atoms with van der Waals surface area (Å²) in [6.07, 6.45) is 1.65. The van der Waals surface area contributed by atoms with Crippen molar-refractivity contribution in [1.82, 2.24) is 15.5 Å². The van der Waals surface area contributed by atoms with Crippen LogP contribution in [0.2, 0.25) is 0 Å². The van der Waals surface area contributed by atoms with E-state index < -0.39 is 0 Å². The molecule has 18 heavy (non-hydrogen) atoms. The Morgan fingerprint density at radius 2 is 2.11 bits per heavy atom. The van der Waals surface area contributed by atoms with Gasteiger partial charge in [-0.2, -0.15) is 5.10 Å². The van der Waals surface area contributed by atoms with Crippen molar-refractivity contribution in [3.05, 3.63) is 53.9 Å². The molecule has 5 nitrogen and oxygen atoms in total. The lowest BCUT2D eigenvalue weighted by Crippen LogP contribution is -2.27. The molecule has 2 rings (SSSR count). The minimum Gasteiger partial charge on any atom is -0.367 e. The highest BCUT2D eigenvalue weighted by Crippen LogP contribution is 2.00. The maximum absolute atomic E-state index is 11.5. The van der Waals surface area contributed by atoms with Gasteiger partial charge in [0.1, 0.15) is 6.61 Å². The van der Waals surface area contributed by atoms with Crippen LogP contribution in [-0.4, -0.2) is 22.7 Å². The number of carbonyl (C=O) groups is 1. The predicted octanol–water partition coefficient (Wildman–Crippen LogP) is 1.24. The molecule has 1 aromatic heterocycles. The van der Waals surface area contributed by atoms with Gasteiger partial charge in [0.2, 0.25) is 5.91 Å². The number of ether oxygens (including phenoxy) is 1. The molecular weight excluding hydrogens is 230 g/mol. The first-order chi connectivity index (χ1) is 8.84. The molecule has 0 spiro atoms. The Morgan fingerprint density at radius 1 is 1.28 bits per heavy atom. The van der Waals surface area contributed by atoms with Crippen molar-refractivity contribution in [3.8, 4) is 0 Å². The highest BCUT2D eigenvalue weighted by molar-refractivity contribution is 5.77. The van der Waals surface area contributed by atoms with Crippen LogP contribution in [-0.2, 0) is 22.7 Å². The van der Waals surface area contributed by atoms with E-state index in [1.165, 1.54) is 0 Å². The van der Waals surface area contributed by atoms with E-state index in [-0.39, 0.29) is 12.5 Å². The van der Waals surface area contributed by atoms with Gasteiger partial charge in [-0.1, -0.05) is 30.3 Å². The van der Waals surface area contributed by atoms with E-state index in [2.05, 4.69) is 15.5 Å². The summed E-state index contributed by atoms with van der Waals surface area (Å²) < 4.78 is 5.31. The summed E-state index contributed by atoms with van der Waals surface area (Å²) in [7, 11) is 0. The average Bonchev–Trinajstić information content (AvgIpc) is 2.91. The van der Waals surface area contributed by atoms with E-state index >= 15 is 0 Å². The lowest BCUT2D eigenvalue weighted by atomic mass is 10.2. The minimum atomic E-state index is -0.138. The van der Waals surface area contributed by atoms with Crippen LogP contribution in [0.15, 0.2) is 42.6 Å². The monoisotopic (exact) mass is 245 g/mol. The summed E-state index contributed by atoms with van der Waals surface area (Å²) in [5, 5.41) is 9.30. The second-order valence-electron chi connectivity index (χ2n) is 3.84. The summed E-state index contributed by atoms with van der Waals surface area (Å²) in [6, 6.07) is 11.6. The summed E-state index contributed by atoms with van der Waals surface area (Å²) in [5.41, 5.74) is 1.92. The fraction of sp³-hybridized carbons (Fsp3) is 0.231. The molecule has 0 aliphatic rings. The van der Waals surface area contributed by atoms with Gasteiger partial charge in [0, 0.05) is 6.20 Å². The van der Waals surface area contributed by atoms with E-state index in [4.69, 9.17) is 4.74 Å². The zero-order chi connectivity index (χ0) is 12.6. The lowest BCUT2D eigenvalue weighted by molar-refractivity contribution is -0.126. The number of hydrogen-bond donors (Lipinski definition) is 2. The number of rotatable bonds is 6. The van der Waals surface area contributed by atoms with Gasteiger partial charge in [0.05, 0.1) is 18.8 Å². The van der Waals surface area contributed by atoms with Gasteiger partial charge in [-0.3, -0.25) is 9.89 Å². The minimum absolute atomic E-state index is 0.0586. The van der Waals surface area contributed by atoms with Crippen LogP contribution >= 0.6 is 0 Å². The fourth-order valence-electron chi connectivity index (χ4n) is 1.46. The number of amides is 1. The van der Waals surface area contributed by atoms with Crippen molar-refractivity contribution in [2.75, 3.05) is 6.61 Å². The Bertz CT molecular complexity index is 468. The summed E-state index contributed by atoms with van der Waals surface area (Å²) in [4.78, 5) is 11.5. The third-order valence-electron chi connectivity index (χ3n) is 2.38. The van der Waals surface area contributed by atoms with Crippen LogP contribution in [0.5, 0.6) is 0 Å². The highest BCUT2D eigenvalue weighted by atomic mass is 16.5. The molecule has 0 bridgehead atoms. The first kappa shape index (κ1) is 12.3. The molecule has 1 heterocycles. The molecule has 0 aliphatic carbocycles. The smallest absolute Gasteiger partial charge is 0.246 e. The largest absolute Gasteiger partial charge is 0.367 e. The highest BCUT2D eigenvalue weighted by Gasteiger charge is 2.02. The molecular formula is C13H15N3O2. The Balaban J connectivity index is 1.63. The predicted molar refractivity (Wildman–Crippen MR) is 66.5 cm³/mol. The lowest BCUT2D eigenvalue weighted by Gasteiger charge is -2.05. The Kier molecular flexibility index (Phi) is 4.49. The van der Waals surface area contributed by atoms with E-state index in [0.29, 0.717) is 13.2 Å². The van der Waals surface area contributed by atoms with Gasteiger partial charge in [-0.15, -0.1) is 0 Å². The molecule has 0 saturated carbocycles. The number of hydrogen-bond acceptors (Lipinski definition) is 3. The molecule has 2 aromatic rings. The molecule has 94 valence electrons. The molecule has 0 radical (unpaired) electrons. The molecule has 1 aromatic carbocycles. The van der Waals surface area contributed by atoms with Gasteiger partial charge >= 0.3 is 0 Å². The quantitative estimate of drug-likeness (QED) is 0.804. The fourth-order valence-corrected chi connectivity index (χ4v) is 1.46. The van der Waals surface area contributed by atoms with E-state index in [9.17, 15) is 4.79 Å². The van der Waals surface area contributed by atoms with Gasteiger partial charge in [-0.05, 0) is 11.6 Å². The molecule has 0 unspecified atom stereocenters. The topological polar surface area (TPSA) is 67.0 Å². The molecule has 0 atom stereocenters. The van der Waals surface area contributed by atoms with Crippen LogP contribution in [0.25, 0.3) is 0 Å². The van der Waals surface area contributed by atoms with Crippen molar-refractivity contribution in [2.24, 2.45) is 0 Å². The SMILES string of the molecule is O=C(COCc1ccccc1)NCc1ccn[nH]1. The second-order valence-corrected chi connectivity index (χ2v) is 3.84. The van der Waals surface area contributed by atoms with E-state index in [1.807, 2.05) is 36.4 Å². The Hall–Kier alpha value is -2.14. The first-order valence-corrected chi connectivity index (χ1v) is 5.71. The molecule has 2 N–H and O–H groups in total. The number of nitrogens with one attached hydrogen (secondary N) is 2. The summed E-state index contributed by atoms with van der Waals surface area (Å²) in [6.45, 7) is 0.939. The molecule has 0 saturated heterocycles. The standard InChI is InChI=1S/C13H15N3O2/c17-13(14-8-12-6-7-15-16-12)10-18-9-11-4-2-1-3-5-11/h1-7H,8-10H2,(H,14,17)(H,15,16). The first-order valence-electron chi connectivity index (χ1n) is 5.71. The number of aromatic nitrogens is 2. The van der Waals surface area contributed by atoms with E-state index in [0.717, 1.165) is 11.3 Å². The Morgan fingerprint density at radius 3 is 2.83 bits per heavy atom. The van der Waals surface area contributed by atoms with Gasteiger partial charge in [-0.25, -0.2) is 0 Å². The van der Waals surface area contributed by atoms with Crippen molar-refractivity contribution in [1.29, 1.82) is 0 Å². The van der Waals surface area contributed by atoms with Gasteiger partial charge < -0.3 is 10.1 Å². The molecule has 0 aliphatic heterocycles. The summed E-state index contributed by atoms with van der Waals surface area (Å²) in [5.74, 6) is -0.138. The van der Waals surface area contributed by atoms with E-state index in [1.54, 1.807) is 6.20 Å². The third-order valence-corrected chi connectivity index (χ3v) is 2.38. The number of H-pyrrole nitrogens is 1. The maximum Gasteiger partial charge on any atom is 0.246 e.